The standard InChI is InChI=1S/C16H26BrNO2/c1-4-19-8-5-9-20-15-6-7-16(17)14(10-15)12-18-11-13(2)3/h6-7,10,13,18H,4-5,8-9,11-12H2,1-3H3. The SMILES string of the molecule is CCOCCCOc1ccc(Br)c(CNCC(C)C)c1. The number of benzene rings is 1. The second-order valence-electron chi connectivity index (χ2n) is 5.18. The first-order valence-electron chi connectivity index (χ1n) is 7.33. The number of rotatable bonds is 10. The molecule has 0 spiro atoms. The second-order valence-corrected chi connectivity index (χ2v) is 6.03. The molecular weight excluding hydrogens is 318 g/mol. The molecule has 0 saturated heterocycles. The van der Waals surface area contributed by atoms with Gasteiger partial charge in [0.25, 0.3) is 0 Å². The lowest BCUT2D eigenvalue weighted by Gasteiger charge is -2.12. The van der Waals surface area contributed by atoms with Gasteiger partial charge < -0.3 is 14.8 Å². The summed E-state index contributed by atoms with van der Waals surface area (Å²) in [6, 6.07) is 6.14. The van der Waals surface area contributed by atoms with Crippen LogP contribution in [0.5, 0.6) is 5.75 Å². The monoisotopic (exact) mass is 343 g/mol. The van der Waals surface area contributed by atoms with E-state index < -0.39 is 0 Å². The summed E-state index contributed by atoms with van der Waals surface area (Å²) in [5, 5.41) is 3.45. The molecule has 0 unspecified atom stereocenters. The summed E-state index contributed by atoms with van der Waals surface area (Å²) in [6.07, 6.45) is 0.921. The van der Waals surface area contributed by atoms with Crippen LogP contribution < -0.4 is 10.1 Å². The van der Waals surface area contributed by atoms with E-state index in [9.17, 15) is 0 Å². The van der Waals surface area contributed by atoms with Crippen LogP contribution in [0.2, 0.25) is 0 Å². The minimum absolute atomic E-state index is 0.659. The third-order valence-corrected chi connectivity index (χ3v) is 3.56. The van der Waals surface area contributed by atoms with Crippen LogP contribution in [-0.2, 0) is 11.3 Å². The molecule has 0 fully saturated rings. The van der Waals surface area contributed by atoms with Crippen molar-refractivity contribution in [1.82, 2.24) is 5.32 Å². The predicted octanol–water partition coefficient (Wildman–Crippen LogP) is 4.00. The molecule has 0 saturated carbocycles. The van der Waals surface area contributed by atoms with Crippen LogP contribution in [0.25, 0.3) is 0 Å². The van der Waals surface area contributed by atoms with Crippen LogP contribution in [0.4, 0.5) is 0 Å². The number of hydrogen-bond donors (Lipinski definition) is 1. The fraction of sp³-hybridized carbons (Fsp3) is 0.625. The van der Waals surface area contributed by atoms with E-state index in [2.05, 4.69) is 41.2 Å². The minimum atomic E-state index is 0.659. The zero-order chi connectivity index (χ0) is 14.8. The van der Waals surface area contributed by atoms with Crippen molar-refractivity contribution >= 4 is 15.9 Å². The van der Waals surface area contributed by atoms with E-state index in [0.29, 0.717) is 12.5 Å². The van der Waals surface area contributed by atoms with Gasteiger partial charge in [0, 0.05) is 30.7 Å². The van der Waals surface area contributed by atoms with Crippen LogP contribution in [0.3, 0.4) is 0 Å². The van der Waals surface area contributed by atoms with E-state index in [0.717, 1.165) is 42.9 Å². The van der Waals surface area contributed by atoms with Crippen LogP contribution in [0.1, 0.15) is 32.8 Å². The molecule has 1 N–H and O–H groups in total. The maximum absolute atomic E-state index is 5.75. The lowest BCUT2D eigenvalue weighted by atomic mass is 10.2. The minimum Gasteiger partial charge on any atom is -0.493 e. The fourth-order valence-corrected chi connectivity index (χ4v) is 2.15. The topological polar surface area (TPSA) is 30.5 Å². The molecule has 0 heterocycles. The van der Waals surface area contributed by atoms with Crippen molar-refractivity contribution < 1.29 is 9.47 Å². The van der Waals surface area contributed by atoms with Gasteiger partial charge in [-0.3, -0.25) is 0 Å². The van der Waals surface area contributed by atoms with E-state index in [1.807, 2.05) is 19.1 Å². The van der Waals surface area contributed by atoms with E-state index in [-0.39, 0.29) is 0 Å². The zero-order valence-corrected chi connectivity index (χ0v) is 14.3. The Bertz CT molecular complexity index is 383. The van der Waals surface area contributed by atoms with E-state index in [1.165, 1.54) is 5.56 Å². The highest BCUT2D eigenvalue weighted by atomic mass is 79.9. The molecule has 4 heteroatoms. The first-order valence-corrected chi connectivity index (χ1v) is 8.12. The molecule has 0 amide bonds. The maximum atomic E-state index is 5.75. The highest BCUT2D eigenvalue weighted by Crippen LogP contribution is 2.22. The first-order chi connectivity index (χ1) is 9.63. The van der Waals surface area contributed by atoms with Crippen molar-refractivity contribution in [3.8, 4) is 5.75 Å². The molecule has 1 aromatic rings. The third kappa shape index (κ3) is 7.27. The quantitative estimate of drug-likeness (QED) is 0.651. The summed E-state index contributed by atoms with van der Waals surface area (Å²) in [4.78, 5) is 0. The Balaban J connectivity index is 2.40. The van der Waals surface area contributed by atoms with Gasteiger partial charge in [0.15, 0.2) is 0 Å². The van der Waals surface area contributed by atoms with Gasteiger partial charge >= 0.3 is 0 Å². The predicted molar refractivity (Wildman–Crippen MR) is 87.3 cm³/mol. The van der Waals surface area contributed by atoms with E-state index in [1.54, 1.807) is 0 Å². The Morgan fingerprint density at radius 1 is 1.25 bits per heavy atom. The Labute approximate surface area is 131 Å². The maximum Gasteiger partial charge on any atom is 0.119 e. The molecule has 0 radical (unpaired) electrons. The van der Waals surface area contributed by atoms with Gasteiger partial charge in [0.2, 0.25) is 0 Å². The molecule has 20 heavy (non-hydrogen) atoms. The smallest absolute Gasteiger partial charge is 0.119 e. The van der Waals surface area contributed by atoms with Gasteiger partial charge in [-0.15, -0.1) is 0 Å². The van der Waals surface area contributed by atoms with Crippen LogP contribution >= 0.6 is 15.9 Å². The highest BCUT2D eigenvalue weighted by molar-refractivity contribution is 9.10. The summed E-state index contributed by atoms with van der Waals surface area (Å²) in [6.45, 7) is 10.5. The van der Waals surface area contributed by atoms with Crippen molar-refractivity contribution in [2.24, 2.45) is 5.92 Å². The molecule has 0 aromatic heterocycles. The van der Waals surface area contributed by atoms with Crippen molar-refractivity contribution in [3.63, 3.8) is 0 Å². The van der Waals surface area contributed by atoms with Gasteiger partial charge in [-0.05, 0) is 43.1 Å². The Morgan fingerprint density at radius 2 is 2.05 bits per heavy atom. The highest BCUT2D eigenvalue weighted by Gasteiger charge is 2.03. The Morgan fingerprint density at radius 3 is 2.75 bits per heavy atom. The average molecular weight is 344 g/mol. The molecular formula is C16H26BrNO2. The summed E-state index contributed by atoms with van der Waals surface area (Å²) in [5.74, 6) is 1.58. The lowest BCUT2D eigenvalue weighted by Crippen LogP contribution is -2.19. The van der Waals surface area contributed by atoms with Gasteiger partial charge in [-0.2, -0.15) is 0 Å². The molecule has 0 aliphatic heterocycles. The number of hydrogen-bond acceptors (Lipinski definition) is 3. The Kier molecular flexibility index (Phi) is 8.90. The molecule has 1 rings (SSSR count). The average Bonchev–Trinajstić information content (AvgIpc) is 2.41. The summed E-state index contributed by atoms with van der Waals surface area (Å²) in [5.41, 5.74) is 1.23. The molecule has 0 aliphatic carbocycles. The lowest BCUT2D eigenvalue weighted by molar-refractivity contribution is 0.131. The largest absolute Gasteiger partial charge is 0.493 e. The van der Waals surface area contributed by atoms with Crippen LogP contribution in [0, 0.1) is 5.92 Å². The molecule has 114 valence electrons. The third-order valence-electron chi connectivity index (χ3n) is 2.79. The van der Waals surface area contributed by atoms with Gasteiger partial charge in [-0.25, -0.2) is 0 Å². The van der Waals surface area contributed by atoms with Crippen molar-refractivity contribution in [1.29, 1.82) is 0 Å². The molecule has 1 aromatic carbocycles. The molecule has 0 atom stereocenters. The summed E-state index contributed by atoms with van der Waals surface area (Å²) in [7, 11) is 0. The second kappa shape index (κ2) is 10.2. The fourth-order valence-electron chi connectivity index (χ4n) is 1.77. The van der Waals surface area contributed by atoms with Gasteiger partial charge in [-0.1, -0.05) is 29.8 Å². The van der Waals surface area contributed by atoms with Crippen molar-refractivity contribution in [2.75, 3.05) is 26.4 Å². The Hall–Kier alpha value is -0.580. The van der Waals surface area contributed by atoms with Crippen molar-refractivity contribution in [2.45, 2.75) is 33.7 Å². The number of halogens is 1. The molecule has 0 bridgehead atoms. The normalized spacial score (nSPS) is 11.1. The van der Waals surface area contributed by atoms with Gasteiger partial charge in [0.05, 0.1) is 6.61 Å². The van der Waals surface area contributed by atoms with Gasteiger partial charge in [0.1, 0.15) is 5.75 Å². The van der Waals surface area contributed by atoms with E-state index >= 15 is 0 Å². The van der Waals surface area contributed by atoms with Crippen LogP contribution in [0.15, 0.2) is 22.7 Å². The molecule has 3 nitrogen and oxygen atoms in total. The summed E-state index contributed by atoms with van der Waals surface area (Å²) < 4.78 is 12.2. The number of nitrogens with one attached hydrogen (secondary N) is 1. The van der Waals surface area contributed by atoms with Crippen molar-refractivity contribution in [3.05, 3.63) is 28.2 Å². The first kappa shape index (κ1) is 17.5. The van der Waals surface area contributed by atoms with Crippen LogP contribution in [-0.4, -0.2) is 26.4 Å². The number of ether oxygens (including phenoxy) is 2. The summed E-state index contributed by atoms with van der Waals surface area (Å²) >= 11 is 3.58. The zero-order valence-electron chi connectivity index (χ0n) is 12.7. The van der Waals surface area contributed by atoms with E-state index in [4.69, 9.17) is 9.47 Å². The molecule has 0 aliphatic rings.